The van der Waals surface area contributed by atoms with E-state index in [1.165, 1.54) is 24.3 Å². The van der Waals surface area contributed by atoms with Gasteiger partial charge in [0.05, 0.1) is 9.82 Å². The molecule has 3 rings (SSSR count). The summed E-state index contributed by atoms with van der Waals surface area (Å²) in [4.78, 5) is 10.2. The Morgan fingerprint density at radius 3 is 2.31 bits per heavy atom. The molecule has 8 heteroatoms. The monoisotopic (exact) mass is 375 g/mol. The molecule has 0 radical (unpaired) electrons. The van der Waals surface area contributed by atoms with Crippen molar-refractivity contribution < 1.29 is 13.3 Å². The summed E-state index contributed by atoms with van der Waals surface area (Å²) in [7, 11) is -3.76. The smallest absolute Gasteiger partial charge is 0.269 e. The van der Waals surface area contributed by atoms with Gasteiger partial charge in [-0.25, -0.2) is 13.1 Å². The maximum atomic E-state index is 12.8. The van der Waals surface area contributed by atoms with E-state index in [9.17, 15) is 18.5 Å². The van der Waals surface area contributed by atoms with Crippen molar-refractivity contribution in [2.45, 2.75) is 29.7 Å². The predicted molar refractivity (Wildman–Crippen MR) is 98.5 cm³/mol. The number of nitrogens with one attached hydrogen (secondary N) is 2. The Morgan fingerprint density at radius 1 is 1.00 bits per heavy atom. The standard InChI is InChI=1S/C18H21N3O4S/c22-21(23)15-6-8-16(9-7-15)26(24,25)20-18-11-13-19-12-10-17(18)14-4-2-1-3-5-14/h1-9,17-20H,10-13H2. The second-order valence-electron chi connectivity index (χ2n) is 6.32. The van der Waals surface area contributed by atoms with Crippen molar-refractivity contribution in [3.05, 3.63) is 70.3 Å². The van der Waals surface area contributed by atoms with Gasteiger partial charge in [-0.15, -0.1) is 0 Å². The Labute approximate surface area is 152 Å². The molecule has 1 fully saturated rings. The first-order valence-corrected chi connectivity index (χ1v) is 9.98. The van der Waals surface area contributed by atoms with Crippen LogP contribution < -0.4 is 10.0 Å². The Balaban J connectivity index is 1.84. The molecule has 2 atom stereocenters. The minimum absolute atomic E-state index is 0.0344. The Hall–Kier alpha value is -2.29. The minimum atomic E-state index is -3.76. The summed E-state index contributed by atoms with van der Waals surface area (Å²) >= 11 is 0. The zero-order valence-electron chi connectivity index (χ0n) is 14.2. The molecule has 0 amide bonds. The van der Waals surface area contributed by atoms with Crippen LogP contribution in [-0.4, -0.2) is 32.5 Å². The lowest BCUT2D eigenvalue weighted by Gasteiger charge is -2.26. The van der Waals surface area contributed by atoms with Crippen molar-refractivity contribution in [1.29, 1.82) is 0 Å². The van der Waals surface area contributed by atoms with Crippen molar-refractivity contribution in [3.63, 3.8) is 0 Å². The Bertz CT molecular complexity index is 854. The summed E-state index contributed by atoms with van der Waals surface area (Å²) < 4.78 is 28.3. The van der Waals surface area contributed by atoms with Crippen molar-refractivity contribution in [2.24, 2.45) is 0 Å². The van der Waals surface area contributed by atoms with E-state index in [0.717, 1.165) is 25.1 Å². The number of nitro groups is 1. The number of nitrogens with zero attached hydrogens (tertiary/aromatic N) is 1. The van der Waals surface area contributed by atoms with Crippen LogP contribution in [0, 0.1) is 10.1 Å². The summed E-state index contributed by atoms with van der Waals surface area (Å²) in [6.45, 7) is 1.56. The summed E-state index contributed by atoms with van der Waals surface area (Å²) in [6, 6.07) is 14.6. The van der Waals surface area contributed by atoms with E-state index in [1.54, 1.807) is 0 Å². The highest BCUT2D eigenvalue weighted by Crippen LogP contribution is 2.28. The minimum Gasteiger partial charge on any atom is -0.317 e. The molecule has 2 unspecified atom stereocenters. The SMILES string of the molecule is O=[N+]([O-])c1ccc(S(=O)(=O)NC2CCNCCC2c2ccccc2)cc1. The zero-order chi connectivity index (χ0) is 18.6. The van der Waals surface area contributed by atoms with E-state index in [-0.39, 0.29) is 22.5 Å². The second kappa shape index (κ2) is 7.94. The van der Waals surface area contributed by atoms with Gasteiger partial charge in [-0.2, -0.15) is 0 Å². The van der Waals surface area contributed by atoms with E-state index in [4.69, 9.17) is 0 Å². The van der Waals surface area contributed by atoms with Gasteiger partial charge in [0.1, 0.15) is 0 Å². The van der Waals surface area contributed by atoms with Gasteiger partial charge in [-0.1, -0.05) is 30.3 Å². The highest BCUT2D eigenvalue weighted by Gasteiger charge is 2.29. The van der Waals surface area contributed by atoms with Gasteiger partial charge < -0.3 is 5.32 Å². The molecule has 7 nitrogen and oxygen atoms in total. The van der Waals surface area contributed by atoms with Crippen LogP contribution in [0.3, 0.4) is 0 Å². The molecule has 0 bridgehead atoms. The molecule has 0 aliphatic carbocycles. The van der Waals surface area contributed by atoms with Gasteiger partial charge in [0.15, 0.2) is 0 Å². The van der Waals surface area contributed by atoms with Gasteiger partial charge in [-0.05, 0) is 43.6 Å². The van der Waals surface area contributed by atoms with Gasteiger partial charge in [0, 0.05) is 24.1 Å². The Kier molecular flexibility index (Phi) is 5.65. The molecule has 2 N–H and O–H groups in total. The van der Waals surface area contributed by atoms with E-state index in [0.29, 0.717) is 6.42 Å². The maximum Gasteiger partial charge on any atom is 0.269 e. The van der Waals surface area contributed by atoms with Crippen LogP contribution in [0.4, 0.5) is 5.69 Å². The third-order valence-electron chi connectivity index (χ3n) is 4.64. The van der Waals surface area contributed by atoms with Crippen LogP contribution in [-0.2, 0) is 10.0 Å². The third kappa shape index (κ3) is 4.27. The number of hydrogen-bond acceptors (Lipinski definition) is 5. The van der Waals surface area contributed by atoms with E-state index < -0.39 is 14.9 Å². The molecule has 1 aliphatic rings. The normalized spacial score (nSPS) is 21.1. The lowest BCUT2D eigenvalue weighted by molar-refractivity contribution is -0.384. The number of rotatable bonds is 5. The molecule has 1 aliphatic heterocycles. The lowest BCUT2D eigenvalue weighted by Crippen LogP contribution is -2.39. The molecule has 2 aromatic rings. The van der Waals surface area contributed by atoms with Gasteiger partial charge in [0.25, 0.3) is 5.69 Å². The fourth-order valence-corrected chi connectivity index (χ4v) is 4.61. The van der Waals surface area contributed by atoms with Gasteiger partial charge in [0.2, 0.25) is 10.0 Å². The molecule has 138 valence electrons. The highest BCUT2D eigenvalue weighted by atomic mass is 32.2. The van der Waals surface area contributed by atoms with E-state index >= 15 is 0 Å². The predicted octanol–water partition coefficient (Wildman–Crippen LogP) is 2.41. The number of hydrogen-bond donors (Lipinski definition) is 2. The first-order chi connectivity index (χ1) is 12.5. The number of non-ortho nitro benzene ring substituents is 1. The first kappa shape index (κ1) is 18.5. The van der Waals surface area contributed by atoms with Crippen LogP contribution in [0.25, 0.3) is 0 Å². The first-order valence-electron chi connectivity index (χ1n) is 8.50. The molecule has 0 spiro atoms. The Morgan fingerprint density at radius 2 is 1.65 bits per heavy atom. The second-order valence-corrected chi connectivity index (χ2v) is 8.04. The van der Waals surface area contributed by atoms with Crippen molar-refractivity contribution in [1.82, 2.24) is 10.0 Å². The molecule has 0 saturated carbocycles. The average molecular weight is 375 g/mol. The summed E-state index contributed by atoms with van der Waals surface area (Å²) in [5, 5.41) is 14.1. The van der Waals surface area contributed by atoms with Crippen molar-refractivity contribution >= 4 is 15.7 Å². The quantitative estimate of drug-likeness (QED) is 0.617. The molecular formula is C18H21N3O4S. The highest BCUT2D eigenvalue weighted by molar-refractivity contribution is 7.89. The van der Waals surface area contributed by atoms with Crippen molar-refractivity contribution in [3.8, 4) is 0 Å². The molecule has 1 heterocycles. The fraction of sp³-hybridized carbons (Fsp3) is 0.333. The summed E-state index contributed by atoms with van der Waals surface area (Å²) in [6.07, 6.45) is 1.50. The van der Waals surface area contributed by atoms with E-state index in [2.05, 4.69) is 10.0 Å². The zero-order valence-corrected chi connectivity index (χ0v) is 15.0. The number of nitro benzene ring substituents is 1. The number of benzene rings is 2. The topological polar surface area (TPSA) is 101 Å². The number of sulfonamides is 1. The van der Waals surface area contributed by atoms with Crippen molar-refractivity contribution in [2.75, 3.05) is 13.1 Å². The fourth-order valence-electron chi connectivity index (χ4n) is 3.30. The molecule has 1 saturated heterocycles. The summed E-state index contributed by atoms with van der Waals surface area (Å²) in [5.74, 6) is 0.0685. The maximum absolute atomic E-state index is 12.8. The van der Waals surface area contributed by atoms with Crippen LogP contribution in [0.5, 0.6) is 0 Å². The third-order valence-corrected chi connectivity index (χ3v) is 6.15. The largest absolute Gasteiger partial charge is 0.317 e. The molecule has 26 heavy (non-hydrogen) atoms. The van der Waals surface area contributed by atoms with E-state index in [1.807, 2.05) is 30.3 Å². The van der Waals surface area contributed by atoms with Crippen LogP contribution in [0.1, 0.15) is 24.3 Å². The van der Waals surface area contributed by atoms with Crippen LogP contribution >= 0.6 is 0 Å². The van der Waals surface area contributed by atoms with Gasteiger partial charge in [-0.3, -0.25) is 10.1 Å². The average Bonchev–Trinajstić information content (AvgIpc) is 2.87. The lowest BCUT2D eigenvalue weighted by atomic mass is 9.88. The van der Waals surface area contributed by atoms with Crippen LogP contribution in [0.15, 0.2) is 59.5 Å². The van der Waals surface area contributed by atoms with Crippen LogP contribution in [0.2, 0.25) is 0 Å². The van der Waals surface area contributed by atoms with Gasteiger partial charge >= 0.3 is 0 Å². The molecule has 0 aromatic heterocycles. The summed E-state index contributed by atoms with van der Waals surface area (Å²) in [5.41, 5.74) is 0.970. The molecular weight excluding hydrogens is 354 g/mol. The molecule has 2 aromatic carbocycles.